The molecule has 5 N–H and O–H groups in total. The first-order valence-corrected chi connectivity index (χ1v) is 16.6. The van der Waals surface area contributed by atoms with Crippen LogP contribution in [-0.2, 0) is 26.3 Å². The minimum Gasteiger partial charge on any atom is -0.477 e. The van der Waals surface area contributed by atoms with E-state index in [1.165, 1.54) is 28.9 Å². The standard InChI is InChI=1S/C31H29N9O7S2/c1-39-31(36-25(42)26(37-39)47-23(16-9-5-3-6-10-16)17-11-7-4-8-12-17)33-13-18-14-48-28-21(27(43)40(28)22(18)29(44)45)35-24(41)20(38-46-2)19-15-49-30(32)34-19/h3-12,15,21,23,28H,13-14H2,1-2H3,(H2,32,34)(H,35,41)(H,44,45)(H,33,36,42)/b38-20+/t21?,28-/m1/s1. The molecule has 0 radical (unpaired) electrons. The number of aryl methyl sites for hydroxylation is 1. The molecule has 4 aromatic rings. The average Bonchev–Trinajstić information content (AvgIpc) is 3.54. The average molecular weight is 704 g/mol. The molecule has 1 fully saturated rings. The molecule has 4 heterocycles. The molecule has 1 unspecified atom stereocenters. The van der Waals surface area contributed by atoms with Crippen LogP contribution in [0.1, 0.15) is 22.9 Å². The molecule has 0 aliphatic carbocycles. The zero-order valence-corrected chi connectivity index (χ0v) is 27.6. The summed E-state index contributed by atoms with van der Waals surface area (Å²) >= 11 is 2.37. The first-order chi connectivity index (χ1) is 23.7. The molecule has 6 rings (SSSR count). The van der Waals surface area contributed by atoms with Crippen LogP contribution < -0.4 is 26.7 Å². The third-order valence-corrected chi connectivity index (χ3v) is 9.54. The van der Waals surface area contributed by atoms with E-state index >= 15 is 0 Å². The van der Waals surface area contributed by atoms with Crippen LogP contribution in [0.3, 0.4) is 0 Å². The first-order valence-electron chi connectivity index (χ1n) is 14.7. The maximum Gasteiger partial charge on any atom is 0.352 e. The molecule has 2 amide bonds. The summed E-state index contributed by atoms with van der Waals surface area (Å²) in [6.07, 6.45) is -0.619. The van der Waals surface area contributed by atoms with Crippen LogP contribution in [0, 0.1) is 0 Å². The number of oxime groups is 1. The molecule has 2 atom stereocenters. The molecule has 2 aliphatic rings. The number of nitrogens with zero attached hydrogens (tertiary/aromatic N) is 6. The largest absolute Gasteiger partial charge is 0.477 e. The van der Waals surface area contributed by atoms with Crippen molar-refractivity contribution in [3.05, 3.63) is 104 Å². The highest BCUT2D eigenvalue weighted by molar-refractivity contribution is 8.00. The third-order valence-electron chi connectivity index (χ3n) is 7.53. The molecule has 0 bridgehead atoms. The summed E-state index contributed by atoms with van der Waals surface area (Å²) in [7, 11) is 2.82. The van der Waals surface area contributed by atoms with E-state index in [-0.39, 0.29) is 46.4 Å². The Balaban J connectivity index is 1.16. The fourth-order valence-corrected chi connectivity index (χ4v) is 7.17. The Labute approximate surface area is 286 Å². The number of nitrogens with two attached hydrogens (primary N) is 1. The lowest BCUT2D eigenvalue weighted by Gasteiger charge is -2.49. The van der Waals surface area contributed by atoms with Gasteiger partial charge >= 0.3 is 17.4 Å². The molecule has 1 saturated heterocycles. The number of benzene rings is 2. The third kappa shape index (κ3) is 6.81. The number of amides is 2. The molecular formula is C31H29N9O7S2. The number of carboxylic acid groups (broad SMARTS) is 1. The van der Waals surface area contributed by atoms with Crippen LogP contribution in [0.15, 0.2) is 87.3 Å². The van der Waals surface area contributed by atoms with E-state index in [0.29, 0.717) is 5.57 Å². The van der Waals surface area contributed by atoms with Crippen molar-refractivity contribution in [1.82, 2.24) is 30.0 Å². The van der Waals surface area contributed by atoms with Crippen molar-refractivity contribution in [3.8, 4) is 5.88 Å². The topological polar surface area (TPSA) is 216 Å². The lowest BCUT2D eigenvalue weighted by atomic mass is 10.0. The van der Waals surface area contributed by atoms with E-state index in [0.717, 1.165) is 27.4 Å². The Morgan fingerprint density at radius 1 is 1.10 bits per heavy atom. The number of fused-ring (bicyclic) bond motifs is 1. The molecule has 2 aromatic heterocycles. The smallest absolute Gasteiger partial charge is 0.352 e. The number of aliphatic carboxylic acids is 1. The predicted molar refractivity (Wildman–Crippen MR) is 181 cm³/mol. The minimum atomic E-state index is -1.32. The van der Waals surface area contributed by atoms with E-state index in [1.54, 1.807) is 7.05 Å². The number of thioether (sulfide) groups is 1. The number of aromatic nitrogens is 4. The Kier molecular flexibility index (Phi) is 9.58. The van der Waals surface area contributed by atoms with Gasteiger partial charge in [-0.2, -0.15) is 4.98 Å². The van der Waals surface area contributed by atoms with Crippen molar-refractivity contribution >= 4 is 57.7 Å². The van der Waals surface area contributed by atoms with Gasteiger partial charge in [-0.3, -0.25) is 19.3 Å². The zero-order valence-electron chi connectivity index (χ0n) is 26.0. The number of nitrogen functional groups attached to an aromatic ring is 1. The second-order valence-electron chi connectivity index (χ2n) is 10.7. The van der Waals surface area contributed by atoms with Crippen molar-refractivity contribution in [1.29, 1.82) is 0 Å². The van der Waals surface area contributed by atoms with Crippen molar-refractivity contribution < 1.29 is 29.1 Å². The summed E-state index contributed by atoms with van der Waals surface area (Å²) < 4.78 is 7.43. The number of thiazole rings is 1. The van der Waals surface area contributed by atoms with Crippen LogP contribution in [0.5, 0.6) is 5.88 Å². The fourth-order valence-electron chi connectivity index (χ4n) is 5.27. The highest BCUT2D eigenvalue weighted by Gasteiger charge is 2.54. The Hall–Kier alpha value is -5.75. The molecule has 0 saturated carbocycles. The van der Waals surface area contributed by atoms with Gasteiger partial charge < -0.3 is 31.0 Å². The summed E-state index contributed by atoms with van der Waals surface area (Å²) in [6, 6.07) is 17.8. The van der Waals surface area contributed by atoms with Gasteiger partial charge in [0.1, 0.15) is 29.9 Å². The predicted octanol–water partition coefficient (Wildman–Crippen LogP) is 1.58. The summed E-state index contributed by atoms with van der Waals surface area (Å²) in [5.41, 5.74) is 6.72. The van der Waals surface area contributed by atoms with E-state index in [1.807, 2.05) is 60.7 Å². The zero-order chi connectivity index (χ0) is 34.7. The number of β-lactam (4-membered cyclic amide) rings is 1. The molecule has 252 valence electrons. The van der Waals surface area contributed by atoms with Gasteiger partial charge in [0.25, 0.3) is 11.8 Å². The number of nitrogens with one attached hydrogen (secondary N) is 2. The number of rotatable bonds is 12. The molecule has 16 nitrogen and oxygen atoms in total. The maximum atomic E-state index is 13.2. The van der Waals surface area contributed by atoms with Crippen LogP contribution in [0.2, 0.25) is 0 Å². The Morgan fingerprint density at radius 2 is 1.78 bits per heavy atom. The van der Waals surface area contributed by atoms with Gasteiger partial charge in [0.15, 0.2) is 16.9 Å². The molecule has 49 heavy (non-hydrogen) atoms. The SMILES string of the molecule is CO/N=C(/C(=O)NC1C(=O)N2C(C(=O)O)=C(CNc3nc(=O)c(OC(c4ccccc4)c4ccccc4)nn3C)CS[C@H]12)c1csc(N)n1. The second-order valence-corrected chi connectivity index (χ2v) is 12.6. The minimum absolute atomic E-state index is 0.0587. The monoisotopic (exact) mass is 703 g/mol. The van der Waals surface area contributed by atoms with Crippen LogP contribution in [0.4, 0.5) is 11.1 Å². The number of carbonyl (C=O) groups excluding carboxylic acids is 2. The number of carbonyl (C=O) groups is 3. The number of anilines is 2. The molecule has 2 aliphatic heterocycles. The highest BCUT2D eigenvalue weighted by atomic mass is 32.2. The normalized spacial score (nSPS) is 17.3. The number of ether oxygens (including phenoxy) is 1. The molecule has 18 heteroatoms. The summed E-state index contributed by atoms with van der Waals surface area (Å²) in [4.78, 5) is 65.8. The number of hydrogen-bond donors (Lipinski definition) is 4. The van der Waals surface area contributed by atoms with Gasteiger partial charge in [-0.15, -0.1) is 28.2 Å². The van der Waals surface area contributed by atoms with Crippen molar-refractivity contribution in [2.45, 2.75) is 17.5 Å². The Bertz CT molecular complexity index is 1980. The fraction of sp³-hybridized carbons (Fsp3) is 0.226. The quantitative estimate of drug-likeness (QED) is 0.0938. The molecule has 0 spiro atoms. The lowest BCUT2D eigenvalue weighted by Crippen LogP contribution is -2.71. The van der Waals surface area contributed by atoms with E-state index < -0.39 is 40.9 Å². The molecular weight excluding hydrogens is 675 g/mol. The molecule has 2 aromatic carbocycles. The van der Waals surface area contributed by atoms with Crippen molar-refractivity contribution in [2.75, 3.05) is 30.5 Å². The summed E-state index contributed by atoms with van der Waals surface area (Å²) in [6.45, 7) is -0.0587. The van der Waals surface area contributed by atoms with Crippen molar-refractivity contribution in [3.63, 3.8) is 0 Å². The van der Waals surface area contributed by atoms with E-state index in [4.69, 9.17) is 15.3 Å². The van der Waals surface area contributed by atoms with E-state index in [2.05, 4.69) is 30.9 Å². The summed E-state index contributed by atoms with van der Waals surface area (Å²) in [5, 5.41) is 24.8. The van der Waals surface area contributed by atoms with Crippen molar-refractivity contribution in [2.24, 2.45) is 12.2 Å². The van der Waals surface area contributed by atoms with Gasteiger partial charge in [-0.1, -0.05) is 65.8 Å². The first kappa shape index (κ1) is 33.2. The van der Waals surface area contributed by atoms with Gasteiger partial charge in [-0.25, -0.2) is 14.5 Å². The van der Waals surface area contributed by atoms with Gasteiger partial charge in [0.05, 0.1) is 0 Å². The van der Waals surface area contributed by atoms with Crippen LogP contribution in [-0.4, -0.2) is 84.1 Å². The number of carboxylic acids is 1. The van der Waals surface area contributed by atoms with Gasteiger partial charge in [0.2, 0.25) is 5.95 Å². The lowest BCUT2D eigenvalue weighted by molar-refractivity contribution is -0.150. The van der Waals surface area contributed by atoms with Crippen LogP contribution >= 0.6 is 23.1 Å². The second kappa shape index (κ2) is 14.2. The van der Waals surface area contributed by atoms with Gasteiger partial charge in [-0.05, 0) is 16.7 Å². The van der Waals surface area contributed by atoms with Crippen LogP contribution in [0.25, 0.3) is 0 Å². The van der Waals surface area contributed by atoms with E-state index in [9.17, 15) is 24.3 Å². The highest BCUT2D eigenvalue weighted by Crippen LogP contribution is 2.40. The Morgan fingerprint density at radius 3 is 2.37 bits per heavy atom. The maximum absolute atomic E-state index is 13.2. The van der Waals surface area contributed by atoms with Gasteiger partial charge in [0, 0.05) is 24.7 Å². The summed E-state index contributed by atoms with van der Waals surface area (Å²) in [5.74, 6) is -2.62. The number of hydrogen-bond acceptors (Lipinski definition) is 14.